The van der Waals surface area contributed by atoms with Crippen LogP contribution in [-0.2, 0) is 0 Å². The van der Waals surface area contributed by atoms with Crippen LogP contribution in [0.3, 0.4) is 0 Å². The third-order valence-electron chi connectivity index (χ3n) is 3.88. The van der Waals surface area contributed by atoms with E-state index in [0.29, 0.717) is 0 Å². The Hall–Kier alpha value is -1.06. The van der Waals surface area contributed by atoms with Gasteiger partial charge in [-0.2, -0.15) is 0 Å². The molecule has 0 saturated carbocycles. The van der Waals surface area contributed by atoms with Crippen molar-refractivity contribution in [2.24, 2.45) is 0 Å². The van der Waals surface area contributed by atoms with Crippen molar-refractivity contribution in [2.45, 2.75) is 27.2 Å². The number of ether oxygens (including phenoxy) is 1. The maximum Gasteiger partial charge on any atom is 0.122 e. The molecule has 1 aromatic carbocycles. The van der Waals surface area contributed by atoms with E-state index in [4.69, 9.17) is 4.74 Å². The zero-order valence-electron chi connectivity index (χ0n) is 12.5. The molecule has 1 aliphatic rings. The minimum atomic E-state index is 0.813. The summed E-state index contributed by atoms with van der Waals surface area (Å²) in [5, 5.41) is 3.38. The van der Waals surface area contributed by atoms with Crippen molar-refractivity contribution in [3.63, 3.8) is 0 Å². The van der Waals surface area contributed by atoms with Crippen molar-refractivity contribution < 1.29 is 4.74 Å². The normalized spacial score (nSPS) is 16.6. The van der Waals surface area contributed by atoms with E-state index in [1.54, 1.807) is 0 Å². The average Bonchev–Trinajstić information content (AvgIpc) is 2.41. The largest absolute Gasteiger partial charge is 0.493 e. The summed E-state index contributed by atoms with van der Waals surface area (Å²) in [6, 6.07) is 4.37. The molecule has 2 rings (SSSR count). The third kappa shape index (κ3) is 4.22. The molecule has 1 fully saturated rings. The number of nitrogens with one attached hydrogen (secondary N) is 1. The molecule has 1 heterocycles. The van der Waals surface area contributed by atoms with Crippen molar-refractivity contribution in [3.05, 3.63) is 28.8 Å². The second kappa shape index (κ2) is 6.92. The average molecular weight is 262 g/mol. The summed E-state index contributed by atoms with van der Waals surface area (Å²) in [5.74, 6) is 1.04. The molecular weight excluding hydrogens is 236 g/mol. The SMILES string of the molecule is Cc1cc(C)c(OCCCN2CCNCC2)cc1C. The number of hydrogen-bond donors (Lipinski definition) is 1. The van der Waals surface area contributed by atoms with Crippen LogP contribution in [0.15, 0.2) is 12.1 Å². The lowest BCUT2D eigenvalue weighted by Gasteiger charge is -2.27. The summed E-state index contributed by atoms with van der Waals surface area (Å²) in [4.78, 5) is 2.51. The molecule has 1 saturated heterocycles. The van der Waals surface area contributed by atoms with Crippen molar-refractivity contribution in [1.82, 2.24) is 10.2 Å². The van der Waals surface area contributed by atoms with Crippen molar-refractivity contribution in [1.29, 1.82) is 0 Å². The topological polar surface area (TPSA) is 24.5 Å². The Bertz CT molecular complexity index is 411. The summed E-state index contributed by atoms with van der Waals surface area (Å²) >= 11 is 0. The minimum Gasteiger partial charge on any atom is -0.493 e. The first kappa shape index (κ1) is 14.4. The lowest BCUT2D eigenvalue weighted by Crippen LogP contribution is -2.43. The van der Waals surface area contributed by atoms with E-state index in [9.17, 15) is 0 Å². The van der Waals surface area contributed by atoms with E-state index in [-0.39, 0.29) is 0 Å². The Morgan fingerprint density at radius 1 is 1.05 bits per heavy atom. The first-order chi connectivity index (χ1) is 9.16. The third-order valence-corrected chi connectivity index (χ3v) is 3.88. The molecule has 1 aliphatic heterocycles. The van der Waals surface area contributed by atoms with Gasteiger partial charge in [0.25, 0.3) is 0 Å². The second-order valence-electron chi connectivity index (χ2n) is 5.50. The molecule has 0 atom stereocenters. The predicted octanol–water partition coefficient (Wildman–Crippen LogP) is 2.29. The van der Waals surface area contributed by atoms with E-state index >= 15 is 0 Å². The molecule has 106 valence electrons. The van der Waals surface area contributed by atoms with Gasteiger partial charge in [0.05, 0.1) is 6.61 Å². The summed E-state index contributed by atoms with van der Waals surface area (Å²) in [6.45, 7) is 13.0. The molecule has 0 aliphatic carbocycles. The fourth-order valence-corrected chi connectivity index (χ4v) is 2.49. The van der Waals surface area contributed by atoms with Crippen LogP contribution in [0.1, 0.15) is 23.1 Å². The number of hydrogen-bond acceptors (Lipinski definition) is 3. The molecule has 3 heteroatoms. The Labute approximate surface area is 116 Å². The number of benzene rings is 1. The molecule has 0 aromatic heterocycles. The molecule has 1 N–H and O–H groups in total. The number of rotatable bonds is 5. The lowest BCUT2D eigenvalue weighted by atomic mass is 10.1. The molecule has 3 nitrogen and oxygen atoms in total. The van der Waals surface area contributed by atoms with Crippen LogP contribution in [0, 0.1) is 20.8 Å². The maximum atomic E-state index is 5.92. The molecule has 0 bridgehead atoms. The fraction of sp³-hybridized carbons (Fsp3) is 0.625. The highest BCUT2D eigenvalue weighted by Crippen LogP contribution is 2.22. The van der Waals surface area contributed by atoms with Gasteiger partial charge in [0, 0.05) is 32.7 Å². The zero-order valence-corrected chi connectivity index (χ0v) is 12.5. The van der Waals surface area contributed by atoms with Gasteiger partial charge in [0.2, 0.25) is 0 Å². The number of piperazine rings is 1. The second-order valence-corrected chi connectivity index (χ2v) is 5.50. The Morgan fingerprint density at radius 2 is 1.74 bits per heavy atom. The van der Waals surface area contributed by atoms with Gasteiger partial charge in [-0.15, -0.1) is 0 Å². The van der Waals surface area contributed by atoms with Gasteiger partial charge >= 0.3 is 0 Å². The lowest BCUT2D eigenvalue weighted by molar-refractivity contribution is 0.213. The molecular formula is C16H26N2O. The zero-order chi connectivity index (χ0) is 13.7. The molecule has 19 heavy (non-hydrogen) atoms. The Morgan fingerprint density at radius 3 is 2.47 bits per heavy atom. The summed E-state index contributed by atoms with van der Waals surface area (Å²) in [7, 11) is 0. The van der Waals surface area contributed by atoms with Gasteiger partial charge in [-0.1, -0.05) is 6.07 Å². The highest BCUT2D eigenvalue weighted by molar-refractivity contribution is 5.40. The van der Waals surface area contributed by atoms with Crippen LogP contribution in [0.5, 0.6) is 5.75 Å². The molecule has 1 aromatic rings. The van der Waals surface area contributed by atoms with Crippen molar-refractivity contribution in [3.8, 4) is 5.75 Å². The molecule has 0 spiro atoms. The van der Waals surface area contributed by atoms with Crippen molar-refractivity contribution in [2.75, 3.05) is 39.3 Å². The van der Waals surface area contributed by atoms with E-state index < -0.39 is 0 Å². The predicted molar refractivity (Wildman–Crippen MR) is 80.1 cm³/mol. The van der Waals surface area contributed by atoms with Gasteiger partial charge in [-0.3, -0.25) is 0 Å². The van der Waals surface area contributed by atoms with Crippen LogP contribution in [0.2, 0.25) is 0 Å². The first-order valence-corrected chi connectivity index (χ1v) is 7.30. The van der Waals surface area contributed by atoms with Gasteiger partial charge in [-0.05, 0) is 49.9 Å². The molecule has 0 unspecified atom stereocenters. The van der Waals surface area contributed by atoms with Gasteiger partial charge in [0.15, 0.2) is 0 Å². The van der Waals surface area contributed by atoms with Crippen LogP contribution < -0.4 is 10.1 Å². The summed E-state index contributed by atoms with van der Waals surface area (Å²) in [5.41, 5.74) is 3.89. The monoisotopic (exact) mass is 262 g/mol. The molecule has 0 amide bonds. The van der Waals surface area contributed by atoms with Crippen molar-refractivity contribution >= 4 is 0 Å². The van der Waals surface area contributed by atoms with Gasteiger partial charge in [0.1, 0.15) is 5.75 Å². The summed E-state index contributed by atoms with van der Waals surface area (Å²) in [6.07, 6.45) is 1.10. The Kier molecular flexibility index (Phi) is 5.23. The standard InChI is InChI=1S/C16H26N2O/c1-13-11-15(3)16(12-14(13)2)19-10-4-7-18-8-5-17-6-9-18/h11-12,17H,4-10H2,1-3H3. The minimum absolute atomic E-state index is 0.813. The van der Waals surface area contributed by atoms with E-state index in [1.807, 2.05) is 0 Å². The maximum absolute atomic E-state index is 5.92. The highest BCUT2D eigenvalue weighted by Gasteiger charge is 2.09. The van der Waals surface area contributed by atoms with Crippen LogP contribution in [0.4, 0.5) is 0 Å². The smallest absolute Gasteiger partial charge is 0.122 e. The van der Waals surface area contributed by atoms with E-state index in [0.717, 1.165) is 38.4 Å². The number of nitrogens with zero attached hydrogens (tertiary/aromatic N) is 1. The highest BCUT2D eigenvalue weighted by atomic mass is 16.5. The van der Waals surface area contributed by atoms with Crippen LogP contribution >= 0.6 is 0 Å². The Balaban J connectivity index is 1.74. The van der Waals surface area contributed by atoms with E-state index in [1.165, 1.54) is 29.8 Å². The molecule has 0 radical (unpaired) electrons. The van der Waals surface area contributed by atoms with Crippen LogP contribution in [-0.4, -0.2) is 44.2 Å². The van der Waals surface area contributed by atoms with Crippen LogP contribution in [0.25, 0.3) is 0 Å². The first-order valence-electron chi connectivity index (χ1n) is 7.30. The quantitative estimate of drug-likeness (QED) is 0.824. The van der Waals surface area contributed by atoms with Gasteiger partial charge < -0.3 is 15.0 Å². The van der Waals surface area contributed by atoms with Gasteiger partial charge in [-0.25, -0.2) is 0 Å². The van der Waals surface area contributed by atoms with E-state index in [2.05, 4.69) is 43.1 Å². The fourth-order valence-electron chi connectivity index (χ4n) is 2.49. The summed E-state index contributed by atoms with van der Waals surface area (Å²) < 4.78 is 5.92. The number of aryl methyl sites for hydroxylation is 3.